The second-order valence-corrected chi connectivity index (χ2v) is 3.84. The number of carboxylic acid groups (broad SMARTS) is 1. The molecule has 1 aromatic carbocycles. The van der Waals surface area contributed by atoms with Gasteiger partial charge in [0, 0.05) is 5.71 Å². The number of nitrogens with one attached hydrogen (secondary N) is 1. The molecule has 0 unspecified atom stereocenters. The van der Waals surface area contributed by atoms with Gasteiger partial charge in [-0.25, -0.2) is 4.79 Å². The number of rotatable bonds is 4. The first-order chi connectivity index (χ1) is 7.50. The summed E-state index contributed by atoms with van der Waals surface area (Å²) in [5.41, 5.74) is 5.25. The summed E-state index contributed by atoms with van der Waals surface area (Å²) in [4.78, 5) is 10.7. The van der Waals surface area contributed by atoms with Crippen LogP contribution in [0.25, 0.3) is 0 Å². The second-order valence-electron chi connectivity index (χ2n) is 3.84. The monoisotopic (exact) mass is 220 g/mol. The van der Waals surface area contributed by atoms with Crippen molar-refractivity contribution >= 4 is 11.7 Å². The van der Waals surface area contributed by atoms with Gasteiger partial charge in [-0.1, -0.05) is 12.1 Å². The third-order valence-corrected chi connectivity index (χ3v) is 2.14. The first-order valence-electron chi connectivity index (χ1n) is 5.10. The van der Waals surface area contributed by atoms with Crippen LogP contribution in [0.5, 0.6) is 0 Å². The first kappa shape index (κ1) is 12.2. The van der Waals surface area contributed by atoms with E-state index in [1.165, 1.54) is 0 Å². The zero-order chi connectivity index (χ0) is 12.1. The van der Waals surface area contributed by atoms with Gasteiger partial charge in [-0.05, 0) is 38.5 Å². The molecule has 0 bridgehead atoms. The molecule has 86 valence electrons. The smallest absolute Gasteiger partial charge is 0.335 e. The van der Waals surface area contributed by atoms with E-state index in [0.717, 1.165) is 11.3 Å². The lowest BCUT2D eigenvalue weighted by Gasteiger charge is -2.11. The lowest BCUT2D eigenvalue weighted by molar-refractivity contribution is 0.0697. The summed E-state index contributed by atoms with van der Waals surface area (Å²) < 4.78 is 0. The van der Waals surface area contributed by atoms with Crippen LogP contribution in [0.4, 0.5) is 0 Å². The van der Waals surface area contributed by atoms with Crippen LogP contribution in [-0.4, -0.2) is 16.8 Å². The number of carbonyl (C=O) groups is 1. The average Bonchev–Trinajstić information content (AvgIpc) is 2.26. The molecule has 0 aliphatic rings. The summed E-state index contributed by atoms with van der Waals surface area (Å²) in [7, 11) is 0. The van der Waals surface area contributed by atoms with Crippen molar-refractivity contribution in [3.63, 3.8) is 0 Å². The van der Waals surface area contributed by atoms with Crippen LogP contribution in [0.2, 0.25) is 0 Å². The van der Waals surface area contributed by atoms with Gasteiger partial charge in [0.1, 0.15) is 0 Å². The molecule has 0 radical (unpaired) electrons. The number of hydrazone groups is 1. The fourth-order valence-corrected chi connectivity index (χ4v) is 1.21. The van der Waals surface area contributed by atoms with Gasteiger partial charge in [-0.3, -0.25) is 0 Å². The molecule has 0 aliphatic heterocycles. The van der Waals surface area contributed by atoms with Crippen molar-refractivity contribution in [3.8, 4) is 0 Å². The number of nitrogens with zero attached hydrogens (tertiary/aromatic N) is 1. The lowest BCUT2D eigenvalue weighted by atomic mass is 10.1. The van der Waals surface area contributed by atoms with Crippen LogP contribution in [0.3, 0.4) is 0 Å². The van der Waals surface area contributed by atoms with Crippen molar-refractivity contribution in [3.05, 3.63) is 35.4 Å². The molecule has 0 fully saturated rings. The first-order valence-corrected chi connectivity index (χ1v) is 5.10. The molecule has 0 saturated heterocycles. The quantitative estimate of drug-likeness (QED) is 0.605. The molecule has 0 aliphatic carbocycles. The molecule has 16 heavy (non-hydrogen) atoms. The van der Waals surface area contributed by atoms with Gasteiger partial charge in [0.2, 0.25) is 0 Å². The van der Waals surface area contributed by atoms with E-state index < -0.39 is 5.97 Å². The van der Waals surface area contributed by atoms with Crippen molar-refractivity contribution in [2.24, 2.45) is 5.10 Å². The molecule has 1 aromatic rings. The molecule has 4 heteroatoms. The maximum absolute atomic E-state index is 10.7. The fraction of sp³-hybridized carbons (Fsp3) is 0.333. The highest BCUT2D eigenvalue weighted by molar-refractivity contribution is 5.87. The summed E-state index contributed by atoms with van der Waals surface area (Å²) in [5.74, 6) is -0.908. The SMILES string of the molecule is CC(C)=NN[C@@H](C)c1ccc(C(=O)O)cc1. The molecule has 0 saturated carbocycles. The average molecular weight is 220 g/mol. The fourth-order valence-electron chi connectivity index (χ4n) is 1.21. The molecule has 0 amide bonds. The predicted octanol–water partition coefficient (Wildman–Crippen LogP) is 2.43. The van der Waals surface area contributed by atoms with Crippen LogP contribution >= 0.6 is 0 Å². The normalized spacial score (nSPS) is 11.7. The third-order valence-electron chi connectivity index (χ3n) is 2.14. The Balaban J connectivity index is 2.74. The van der Waals surface area contributed by atoms with E-state index in [1.54, 1.807) is 24.3 Å². The number of carboxylic acids is 1. The number of hydrogen-bond acceptors (Lipinski definition) is 3. The second kappa shape index (κ2) is 5.30. The van der Waals surface area contributed by atoms with E-state index in [2.05, 4.69) is 10.5 Å². The zero-order valence-electron chi connectivity index (χ0n) is 9.69. The van der Waals surface area contributed by atoms with E-state index in [0.29, 0.717) is 5.56 Å². The standard InChI is InChI=1S/C12H16N2O2/c1-8(2)13-14-9(3)10-4-6-11(7-5-10)12(15)16/h4-7,9,14H,1-3H3,(H,15,16)/t9-/m0/s1. The van der Waals surface area contributed by atoms with Crippen LogP contribution < -0.4 is 5.43 Å². The Hall–Kier alpha value is -1.84. The van der Waals surface area contributed by atoms with Crippen molar-refractivity contribution in [1.82, 2.24) is 5.43 Å². The minimum atomic E-state index is -0.908. The largest absolute Gasteiger partial charge is 0.478 e. The molecular weight excluding hydrogens is 204 g/mol. The maximum atomic E-state index is 10.7. The Bertz CT molecular complexity index is 392. The summed E-state index contributed by atoms with van der Waals surface area (Å²) in [5, 5.41) is 12.9. The molecule has 1 rings (SSSR count). The predicted molar refractivity (Wildman–Crippen MR) is 63.7 cm³/mol. The van der Waals surface area contributed by atoms with Gasteiger partial charge in [-0.2, -0.15) is 5.10 Å². The Labute approximate surface area is 95.0 Å². The van der Waals surface area contributed by atoms with Crippen molar-refractivity contribution < 1.29 is 9.90 Å². The van der Waals surface area contributed by atoms with E-state index >= 15 is 0 Å². The Morgan fingerprint density at radius 1 is 1.31 bits per heavy atom. The van der Waals surface area contributed by atoms with Crippen LogP contribution in [0.1, 0.15) is 42.7 Å². The van der Waals surface area contributed by atoms with Crippen LogP contribution in [0.15, 0.2) is 29.4 Å². The van der Waals surface area contributed by atoms with Crippen LogP contribution in [-0.2, 0) is 0 Å². The minimum Gasteiger partial charge on any atom is -0.478 e. The van der Waals surface area contributed by atoms with Gasteiger partial charge in [-0.15, -0.1) is 0 Å². The van der Waals surface area contributed by atoms with Crippen LogP contribution in [0, 0.1) is 0 Å². The van der Waals surface area contributed by atoms with E-state index in [-0.39, 0.29) is 6.04 Å². The molecule has 0 aromatic heterocycles. The highest BCUT2D eigenvalue weighted by Gasteiger charge is 2.06. The highest BCUT2D eigenvalue weighted by atomic mass is 16.4. The lowest BCUT2D eigenvalue weighted by Crippen LogP contribution is -2.13. The summed E-state index contributed by atoms with van der Waals surface area (Å²) in [6.45, 7) is 5.79. The molecule has 2 N–H and O–H groups in total. The molecular formula is C12H16N2O2. The van der Waals surface area contributed by atoms with E-state index in [1.807, 2.05) is 20.8 Å². The van der Waals surface area contributed by atoms with E-state index in [9.17, 15) is 4.79 Å². The third kappa shape index (κ3) is 3.38. The maximum Gasteiger partial charge on any atom is 0.335 e. The number of hydrogen-bond donors (Lipinski definition) is 2. The number of benzene rings is 1. The van der Waals surface area contributed by atoms with E-state index in [4.69, 9.17) is 5.11 Å². The van der Waals surface area contributed by atoms with Gasteiger partial charge in [0.15, 0.2) is 0 Å². The van der Waals surface area contributed by atoms with Crippen molar-refractivity contribution in [2.45, 2.75) is 26.8 Å². The molecule has 1 atom stereocenters. The van der Waals surface area contributed by atoms with Gasteiger partial charge >= 0.3 is 5.97 Å². The zero-order valence-corrected chi connectivity index (χ0v) is 9.69. The Kier molecular flexibility index (Phi) is 4.05. The van der Waals surface area contributed by atoms with Gasteiger partial charge < -0.3 is 10.5 Å². The molecule has 4 nitrogen and oxygen atoms in total. The van der Waals surface area contributed by atoms with Crippen molar-refractivity contribution in [2.75, 3.05) is 0 Å². The molecule has 0 spiro atoms. The van der Waals surface area contributed by atoms with Gasteiger partial charge in [0.05, 0.1) is 11.6 Å². The topological polar surface area (TPSA) is 61.7 Å². The summed E-state index contributed by atoms with van der Waals surface area (Å²) >= 11 is 0. The minimum absolute atomic E-state index is 0.0674. The summed E-state index contributed by atoms with van der Waals surface area (Å²) in [6.07, 6.45) is 0. The van der Waals surface area contributed by atoms with Gasteiger partial charge in [0.25, 0.3) is 0 Å². The summed E-state index contributed by atoms with van der Waals surface area (Å²) in [6, 6.07) is 6.85. The Morgan fingerprint density at radius 2 is 1.88 bits per heavy atom. The Morgan fingerprint density at radius 3 is 2.31 bits per heavy atom. The highest BCUT2D eigenvalue weighted by Crippen LogP contribution is 2.13. The number of aromatic carboxylic acids is 1. The van der Waals surface area contributed by atoms with Crippen molar-refractivity contribution in [1.29, 1.82) is 0 Å². The molecule has 0 heterocycles.